The van der Waals surface area contributed by atoms with Crippen molar-refractivity contribution < 1.29 is 4.79 Å². The first-order valence-electron chi connectivity index (χ1n) is 6.39. The molecule has 2 aromatic heterocycles. The maximum Gasteiger partial charge on any atom is 0.273 e. The van der Waals surface area contributed by atoms with E-state index in [-0.39, 0.29) is 11.9 Å². The second kappa shape index (κ2) is 5.81. The van der Waals surface area contributed by atoms with E-state index in [9.17, 15) is 4.79 Å². The summed E-state index contributed by atoms with van der Waals surface area (Å²) in [6, 6.07) is 3.99. The molecule has 0 aromatic carbocycles. The summed E-state index contributed by atoms with van der Waals surface area (Å²) in [4.78, 5) is 19.6. The average molecular weight is 328 g/mol. The van der Waals surface area contributed by atoms with Gasteiger partial charge in [0.05, 0.1) is 9.21 Å². The molecule has 0 radical (unpaired) electrons. The number of carbonyl (C=O) groups excluding carboxylic acids is 1. The van der Waals surface area contributed by atoms with Gasteiger partial charge in [-0.2, -0.15) is 0 Å². The van der Waals surface area contributed by atoms with E-state index >= 15 is 0 Å². The Morgan fingerprint density at radius 1 is 1.40 bits per heavy atom. The van der Waals surface area contributed by atoms with Crippen LogP contribution in [0.5, 0.6) is 0 Å². The van der Waals surface area contributed by atoms with E-state index in [2.05, 4.69) is 4.98 Å². The molecule has 20 heavy (non-hydrogen) atoms. The topological polar surface area (TPSA) is 59.2 Å². The van der Waals surface area contributed by atoms with Gasteiger partial charge >= 0.3 is 0 Å². The van der Waals surface area contributed by atoms with Crippen molar-refractivity contribution >= 4 is 40.2 Å². The van der Waals surface area contributed by atoms with Gasteiger partial charge in [-0.3, -0.25) is 4.79 Å². The van der Waals surface area contributed by atoms with Crippen molar-refractivity contribution in [2.24, 2.45) is 5.73 Å². The minimum Gasteiger partial charge on any atom is -0.337 e. The van der Waals surface area contributed by atoms with Crippen LogP contribution in [-0.2, 0) is 0 Å². The van der Waals surface area contributed by atoms with Gasteiger partial charge in [0.15, 0.2) is 0 Å². The molecule has 0 saturated carbocycles. The van der Waals surface area contributed by atoms with Gasteiger partial charge in [-0.15, -0.1) is 22.7 Å². The summed E-state index contributed by atoms with van der Waals surface area (Å²) in [5.41, 5.74) is 6.37. The van der Waals surface area contributed by atoms with E-state index in [4.69, 9.17) is 17.3 Å². The Morgan fingerprint density at radius 2 is 2.15 bits per heavy atom. The number of hydrogen-bond acceptors (Lipinski definition) is 5. The number of thiophene rings is 1. The van der Waals surface area contributed by atoms with Gasteiger partial charge in [0.25, 0.3) is 5.91 Å². The number of amides is 1. The summed E-state index contributed by atoms with van der Waals surface area (Å²) in [7, 11) is 0. The van der Waals surface area contributed by atoms with E-state index in [1.807, 2.05) is 22.4 Å². The fourth-order valence-electron chi connectivity index (χ4n) is 2.18. The van der Waals surface area contributed by atoms with E-state index in [0.29, 0.717) is 5.69 Å². The maximum absolute atomic E-state index is 12.4. The Labute approximate surface area is 130 Å². The van der Waals surface area contributed by atoms with Crippen molar-refractivity contribution in [1.82, 2.24) is 9.88 Å². The summed E-state index contributed by atoms with van der Waals surface area (Å²) in [5, 5.41) is 2.67. The lowest BCUT2D eigenvalue weighted by molar-refractivity contribution is 0.0709. The summed E-state index contributed by atoms with van der Waals surface area (Å²) in [6.45, 7) is 1.44. The normalized spacial score (nSPS) is 16.6. The predicted octanol–water partition coefficient (Wildman–Crippen LogP) is 3.09. The summed E-state index contributed by atoms with van der Waals surface area (Å²) < 4.78 is 0.730. The van der Waals surface area contributed by atoms with Crippen LogP contribution in [0.4, 0.5) is 0 Å². The van der Waals surface area contributed by atoms with Gasteiger partial charge in [-0.1, -0.05) is 11.6 Å². The number of thiazole rings is 1. The van der Waals surface area contributed by atoms with Crippen LogP contribution in [0.25, 0.3) is 9.88 Å². The molecule has 1 aliphatic rings. The van der Waals surface area contributed by atoms with Crippen LogP contribution < -0.4 is 5.73 Å². The molecule has 0 unspecified atom stereocenters. The van der Waals surface area contributed by atoms with Crippen molar-refractivity contribution in [3.8, 4) is 9.88 Å². The zero-order chi connectivity index (χ0) is 14.1. The molecular formula is C13H14ClN3OS2. The van der Waals surface area contributed by atoms with Crippen LogP contribution in [0, 0.1) is 0 Å². The Hall–Kier alpha value is -0.950. The van der Waals surface area contributed by atoms with E-state index in [1.54, 1.807) is 0 Å². The molecule has 1 amide bonds. The number of aromatic nitrogens is 1. The van der Waals surface area contributed by atoms with Crippen LogP contribution in [0.15, 0.2) is 17.5 Å². The first-order chi connectivity index (χ1) is 9.63. The molecule has 3 heterocycles. The summed E-state index contributed by atoms with van der Waals surface area (Å²) >= 11 is 8.87. The average Bonchev–Trinajstić information content (AvgIpc) is 3.07. The predicted molar refractivity (Wildman–Crippen MR) is 83.5 cm³/mol. The number of piperidine rings is 1. The molecule has 7 heteroatoms. The van der Waals surface area contributed by atoms with Gasteiger partial charge in [0.2, 0.25) is 0 Å². The standard InChI is InChI=1S/C13H14ClN3OS2/c14-11-2-1-10(20-11)12-16-9(7-19-12)13(18)17-5-3-8(15)4-6-17/h1-2,7-8H,3-6,15H2. The first-order valence-corrected chi connectivity index (χ1v) is 8.47. The van der Waals surface area contributed by atoms with Crippen molar-refractivity contribution in [2.75, 3.05) is 13.1 Å². The molecular weight excluding hydrogens is 314 g/mol. The fourth-order valence-corrected chi connectivity index (χ4v) is 4.09. The molecule has 1 aliphatic heterocycles. The van der Waals surface area contributed by atoms with E-state index < -0.39 is 0 Å². The second-order valence-corrected chi connectivity index (χ2v) is 7.34. The van der Waals surface area contributed by atoms with Gasteiger partial charge in [-0.05, 0) is 25.0 Å². The minimum atomic E-state index is 0.00190. The first kappa shape index (κ1) is 14.0. The second-order valence-electron chi connectivity index (χ2n) is 4.77. The third-order valence-corrected chi connectivity index (χ3v) is 5.58. The zero-order valence-corrected chi connectivity index (χ0v) is 13.1. The van der Waals surface area contributed by atoms with Crippen molar-refractivity contribution in [2.45, 2.75) is 18.9 Å². The third kappa shape index (κ3) is 2.88. The third-order valence-electron chi connectivity index (χ3n) is 3.33. The fraction of sp³-hybridized carbons (Fsp3) is 0.385. The Bertz CT molecular complexity index is 617. The molecule has 2 N–H and O–H groups in total. The lowest BCUT2D eigenvalue weighted by Crippen LogP contribution is -2.42. The highest BCUT2D eigenvalue weighted by atomic mass is 35.5. The quantitative estimate of drug-likeness (QED) is 0.922. The SMILES string of the molecule is NC1CCN(C(=O)c2csc(-c3ccc(Cl)s3)n2)CC1. The molecule has 0 spiro atoms. The van der Waals surface area contributed by atoms with Gasteiger partial charge in [-0.25, -0.2) is 4.98 Å². The van der Waals surface area contributed by atoms with Crippen molar-refractivity contribution in [3.63, 3.8) is 0 Å². The molecule has 1 fully saturated rings. The summed E-state index contributed by atoms with van der Waals surface area (Å²) in [5.74, 6) is 0.00190. The molecule has 1 saturated heterocycles. The number of carbonyl (C=O) groups is 1. The number of nitrogens with two attached hydrogens (primary N) is 1. The molecule has 2 aromatic rings. The highest BCUT2D eigenvalue weighted by Crippen LogP contribution is 2.33. The van der Waals surface area contributed by atoms with E-state index in [1.165, 1.54) is 22.7 Å². The van der Waals surface area contributed by atoms with Crippen LogP contribution in [0.3, 0.4) is 0 Å². The van der Waals surface area contributed by atoms with Crippen LogP contribution in [0.2, 0.25) is 4.34 Å². The molecule has 0 bridgehead atoms. The zero-order valence-electron chi connectivity index (χ0n) is 10.7. The molecule has 0 aliphatic carbocycles. The molecule has 0 atom stereocenters. The van der Waals surface area contributed by atoms with Gasteiger partial charge in [0.1, 0.15) is 10.7 Å². The number of nitrogens with zero attached hydrogens (tertiary/aromatic N) is 2. The maximum atomic E-state index is 12.4. The number of likely N-dealkylation sites (tertiary alicyclic amines) is 1. The highest BCUT2D eigenvalue weighted by molar-refractivity contribution is 7.23. The van der Waals surface area contributed by atoms with Gasteiger partial charge < -0.3 is 10.6 Å². The smallest absolute Gasteiger partial charge is 0.273 e. The van der Waals surface area contributed by atoms with Crippen LogP contribution >= 0.6 is 34.3 Å². The lowest BCUT2D eigenvalue weighted by atomic mass is 10.1. The van der Waals surface area contributed by atoms with Crippen molar-refractivity contribution in [3.05, 3.63) is 27.5 Å². The van der Waals surface area contributed by atoms with Gasteiger partial charge in [0, 0.05) is 24.5 Å². The Kier molecular flexibility index (Phi) is 4.07. The highest BCUT2D eigenvalue weighted by Gasteiger charge is 2.23. The summed E-state index contributed by atoms with van der Waals surface area (Å²) in [6.07, 6.45) is 1.73. The molecule has 106 valence electrons. The largest absolute Gasteiger partial charge is 0.337 e. The lowest BCUT2D eigenvalue weighted by Gasteiger charge is -2.29. The van der Waals surface area contributed by atoms with Crippen molar-refractivity contribution in [1.29, 1.82) is 0 Å². The Morgan fingerprint density at radius 3 is 2.80 bits per heavy atom. The monoisotopic (exact) mass is 327 g/mol. The minimum absolute atomic E-state index is 0.00190. The Balaban J connectivity index is 1.75. The number of hydrogen-bond donors (Lipinski definition) is 1. The number of halogens is 1. The number of rotatable bonds is 2. The van der Waals surface area contributed by atoms with Crippen LogP contribution in [-0.4, -0.2) is 34.9 Å². The van der Waals surface area contributed by atoms with Crippen LogP contribution in [0.1, 0.15) is 23.3 Å². The molecule has 4 nitrogen and oxygen atoms in total. The molecule has 3 rings (SSSR count). The van der Waals surface area contributed by atoms with E-state index in [0.717, 1.165) is 40.2 Å².